The molecular weight excluding hydrogens is 254 g/mol. The van der Waals surface area contributed by atoms with Crippen molar-refractivity contribution in [1.29, 1.82) is 0 Å². The minimum Gasteiger partial charge on any atom is -0.496 e. The van der Waals surface area contributed by atoms with Crippen LogP contribution in [0, 0.1) is 0 Å². The lowest BCUT2D eigenvalue weighted by atomic mass is 9.99. The van der Waals surface area contributed by atoms with Crippen LogP contribution < -0.4 is 10.5 Å². The summed E-state index contributed by atoms with van der Waals surface area (Å²) in [6.07, 6.45) is 0.304. The fourth-order valence-electron chi connectivity index (χ4n) is 2.09. The number of aliphatic carboxylic acids is 1. The zero-order valence-electron chi connectivity index (χ0n) is 11.2. The molecular formula is C16H17NO3. The second kappa shape index (κ2) is 6.21. The van der Waals surface area contributed by atoms with E-state index in [0.29, 0.717) is 6.42 Å². The average molecular weight is 271 g/mol. The summed E-state index contributed by atoms with van der Waals surface area (Å²) in [5, 5.41) is 8.87. The molecule has 4 nitrogen and oxygen atoms in total. The first-order chi connectivity index (χ1) is 9.61. The molecule has 2 aromatic carbocycles. The normalized spacial score (nSPS) is 11.9. The SMILES string of the molecule is COc1ccccc1-c1cccc(C[C@@H](N)C(=O)O)c1. The maximum absolute atomic E-state index is 10.8. The third-order valence-electron chi connectivity index (χ3n) is 3.12. The Kier molecular flexibility index (Phi) is 4.38. The number of carbonyl (C=O) groups is 1. The second-order valence-corrected chi connectivity index (χ2v) is 4.55. The standard InChI is InChI=1S/C16H17NO3/c1-20-15-8-3-2-7-13(15)12-6-4-5-11(9-12)10-14(17)16(18)19/h2-9,14H,10,17H2,1H3,(H,18,19)/t14-/m1/s1. The van der Waals surface area contributed by atoms with Crippen LogP contribution >= 0.6 is 0 Å². The molecule has 0 heterocycles. The van der Waals surface area contributed by atoms with Gasteiger partial charge in [-0.05, 0) is 23.6 Å². The Morgan fingerprint density at radius 2 is 2.00 bits per heavy atom. The number of rotatable bonds is 5. The molecule has 2 aromatic rings. The summed E-state index contributed by atoms with van der Waals surface area (Å²) in [7, 11) is 1.63. The van der Waals surface area contributed by atoms with Crippen LogP contribution in [0.4, 0.5) is 0 Å². The Balaban J connectivity index is 2.32. The molecule has 104 valence electrons. The predicted molar refractivity (Wildman–Crippen MR) is 77.7 cm³/mol. The number of carboxylic acid groups (broad SMARTS) is 1. The van der Waals surface area contributed by atoms with E-state index in [0.717, 1.165) is 22.4 Å². The van der Waals surface area contributed by atoms with Crippen molar-refractivity contribution >= 4 is 5.97 Å². The second-order valence-electron chi connectivity index (χ2n) is 4.55. The quantitative estimate of drug-likeness (QED) is 0.875. The fourth-order valence-corrected chi connectivity index (χ4v) is 2.09. The summed E-state index contributed by atoms with van der Waals surface area (Å²) in [6.45, 7) is 0. The van der Waals surface area contributed by atoms with Gasteiger partial charge in [0.05, 0.1) is 7.11 Å². The molecule has 0 aliphatic heterocycles. The molecule has 3 N–H and O–H groups in total. The highest BCUT2D eigenvalue weighted by Crippen LogP contribution is 2.30. The Morgan fingerprint density at radius 3 is 2.70 bits per heavy atom. The van der Waals surface area contributed by atoms with E-state index in [-0.39, 0.29) is 0 Å². The van der Waals surface area contributed by atoms with Gasteiger partial charge in [-0.1, -0.05) is 42.5 Å². The van der Waals surface area contributed by atoms with Crippen molar-refractivity contribution in [3.05, 3.63) is 54.1 Å². The van der Waals surface area contributed by atoms with E-state index in [1.165, 1.54) is 0 Å². The van der Waals surface area contributed by atoms with Gasteiger partial charge in [-0.15, -0.1) is 0 Å². The Bertz CT molecular complexity index is 610. The van der Waals surface area contributed by atoms with Crippen LogP contribution in [0.25, 0.3) is 11.1 Å². The highest BCUT2D eigenvalue weighted by molar-refractivity contribution is 5.74. The monoisotopic (exact) mass is 271 g/mol. The van der Waals surface area contributed by atoms with Crippen LogP contribution in [0.3, 0.4) is 0 Å². The lowest BCUT2D eigenvalue weighted by Gasteiger charge is -2.11. The topological polar surface area (TPSA) is 72.5 Å². The van der Waals surface area contributed by atoms with Crippen molar-refractivity contribution in [3.63, 3.8) is 0 Å². The van der Waals surface area contributed by atoms with E-state index in [4.69, 9.17) is 15.6 Å². The fraction of sp³-hybridized carbons (Fsp3) is 0.188. The maximum atomic E-state index is 10.8. The first-order valence-corrected chi connectivity index (χ1v) is 6.32. The van der Waals surface area contributed by atoms with Crippen molar-refractivity contribution < 1.29 is 14.6 Å². The van der Waals surface area contributed by atoms with Gasteiger partial charge in [-0.3, -0.25) is 4.79 Å². The van der Waals surface area contributed by atoms with E-state index >= 15 is 0 Å². The van der Waals surface area contributed by atoms with Crippen LogP contribution in [-0.2, 0) is 11.2 Å². The molecule has 0 fully saturated rings. The molecule has 2 rings (SSSR count). The minimum absolute atomic E-state index is 0.304. The lowest BCUT2D eigenvalue weighted by Crippen LogP contribution is -2.32. The zero-order chi connectivity index (χ0) is 14.5. The van der Waals surface area contributed by atoms with Gasteiger partial charge in [0.1, 0.15) is 11.8 Å². The zero-order valence-corrected chi connectivity index (χ0v) is 11.2. The third kappa shape index (κ3) is 3.16. The van der Waals surface area contributed by atoms with Gasteiger partial charge in [0.2, 0.25) is 0 Å². The molecule has 0 bridgehead atoms. The summed E-state index contributed by atoms with van der Waals surface area (Å²) in [6, 6.07) is 14.5. The highest BCUT2D eigenvalue weighted by Gasteiger charge is 2.13. The maximum Gasteiger partial charge on any atom is 0.320 e. The summed E-state index contributed by atoms with van der Waals surface area (Å²) < 4.78 is 5.34. The molecule has 0 aliphatic rings. The van der Waals surface area contributed by atoms with Crippen molar-refractivity contribution in [3.8, 4) is 16.9 Å². The predicted octanol–water partition coefficient (Wildman–Crippen LogP) is 2.32. The van der Waals surface area contributed by atoms with Crippen molar-refractivity contribution in [1.82, 2.24) is 0 Å². The first kappa shape index (κ1) is 14.1. The molecule has 0 unspecified atom stereocenters. The van der Waals surface area contributed by atoms with Gasteiger partial charge < -0.3 is 15.6 Å². The molecule has 0 aromatic heterocycles. The number of methoxy groups -OCH3 is 1. The van der Waals surface area contributed by atoms with Crippen LogP contribution in [0.5, 0.6) is 5.75 Å². The number of hydrogen-bond acceptors (Lipinski definition) is 3. The Morgan fingerprint density at radius 1 is 1.25 bits per heavy atom. The Labute approximate surface area is 117 Å². The molecule has 0 saturated carbocycles. The minimum atomic E-state index is -0.993. The van der Waals surface area contributed by atoms with E-state index in [9.17, 15) is 4.79 Å². The molecule has 0 saturated heterocycles. The molecule has 0 radical (unpaired) electrons. The molecule has 20 heavy (non-hydrogen) atoms. The summed E-state index contributed by atoms with van der Waals surface area (Å²) in [5.41, 5.74) is 8.42. The number of carboxylic acids is 1. The average Bonchev–Trinajstić information content (AvgIpc) is 2.47. The number of para-hydroxylation sites is 1. The lowest BCUT2D eigenvalue weighted by molar-refractivity contribution is -0.138. The Hall–Kier alpha value is -2.33. The molecule has 4 heteroatoms. The van der Waals surface area contributed by atoms with E-state index in [2.05, 4.69) is 0 Å². The van der Waals surface area contributed by atoms with Gasteiger partial charge in [-0.2, -0.15) is 0 Å². The van der Waals surface area contributed by atoms with Gasteiger partial charge in [0.25, 0.3) is 0 Å². The van der Waals surface area contributed by atoms with Gasteiger partial charge >= 0.3 is 5.97 Å². The van der Waals surface area contributed by atoms with Gasteiger partial charge in [0.15, 0.2) is 0 Å². The van der Waals surface area contributed by atoms with Crippen LogP contribution in [0.1, 0.15) is 5.56 Å². The third-order valence-corrected chi connectivity index (χ3v) is 3.12. The number of nitrogens with two attached hydrogens (primary N) is 1. The first-order valence-electron chi connectivity index (χ1n) is 6.32. The number of ether oxygens (including phenoxy) is 1. The smallest absolute Gasteiger partial charge is 0.320 e. The molecule has 0 amide bonds. The van der Waals surface area contributed by atoms with Crippen molar-refractivity contribution in [2.45, 2.75) is 12.5 Å². The number of hydrogen-bond donors (Lipinski definition) is 2. The van der Waals surface area contributed by atoms with Crippen molar-refractivity contribution in [2.75, 3.05) is 7.11 Å². The van der Waals surface area contributed by atoms with E-state index in [1.807, 2.05) is 48.5 Å². The number of benzene rings is 2. The largest absolute Gasteiger partial charge is 0.496 e. The molecule has 1 atom stereocenters. The van der Waals surface area contributed by atoms with Gasteiger partial charge in [-0.25, -0.2) is 0 Å². The van der Waals surface area contributed by atoms with Crippen molar-refractivity contribution in [2.24, 2.45) is 5.73 Å². The summed E-state index contributed by atoms with van der Waals surface area (Å²) >= 11 is 0. The van der Waals surface area contributed by atoms with Crippen LogP contribution in [-0.4, -0.2) is 24.2 Å². The van der Waals surface area contributed by atoms with Crippen LogP contribution in [0.2, 0.25) is 0 Å². The van der Waals surface area contributed by atoms with E-state index < -0.39 is 12.0 Å². The highest BCUT2D eigenvalue weighted by atomic mass is 16.5. The summed E-state index contributed by atoms with van der Waals surface area (Å²) in [4.78, 5) is 10.8. The molecule has 0 aliphatic carbocycles. The summed E-state index contributed by atoms with van der Waals surface area (Å²) in [5.74, 6) is -0.208. The van der Waals surface area contributed by atoms with E-state index in [1.54, 1.807) is 7.11 Å². The van der Waals surface area contributed by atoms with Crippen LogP contribution in [0.15, 0.2) is 48.5 Å². The molecule has 0 spiro atoms. The van der Waals surface area contributed by atoms with Gasteiger partial charge in [0, 0.05) is 5.56 Å².